The lowest BCUT2D eigenvalue weighted by atomic mass is 10.1. The van der Waals surface area contributed by atoms with Gasteiger partial charge in [-0.2, -0.15) is 0 Å². The molecule has 0 amide bonds. The third kappa shape index (κ3) is 2.94. The van der Waals surface area contributed by atoms with Gasteiger partial charge in [0, 0.05) is 5.56 Å². The first kappa shape index (κ1) is 11.4. The standard InChI is InChI=1S/C15H13FO/c1-2-6-12-11-13(16)9-10-15(12)17-14-7-4-3-5-8-14/h2-5,7-11H,1,6H2. The first-order chi connectivity index (χ1) is 8.29. The largest absolute Gasteiger partial charge is 0.457 e. The van der Waals surface area contributed by atoms with Crippen LogP contribution in [0.3, 0.4) is 0 Å². The van der Waals surface area contributed by atoms with E-state index in [9.17, 15) is 4.39 Å². The molecule has 0 aliphatic rings. The molecule has 0 unspecified atom stereocenters. The molecule has 0 atom stereocenters. The maximum atomic E-state index is 13.1. The summed E-state index contributed by atoms with van der Waals surface area (Å²) in [5, 5.41) is 0. The van der Waals surface area contributed by atoms with Crippen LogP contribution in [0.4, 0.5) is 4.39 Å². The van der Waals surface area contributed by atoms with Gasteiger partial charge in [-0.1, -0.05) is 24.3 Å². The molecule has 2 aromatic carbocycles. The summed E-state index contributed by atoms with van der Waals surface area (Å²) in [6, 6.07) is 13.9. The average molecular weight is 228 g/mol. The Morgan fingerprint density at radius 3 is 2.59 bits per heavy atom. The number of halogens is 1. The van der Waals surface area contributed by atoms with Gasteiger partial charge in [0.1, 0.15) is 17.3 Å². The van der Waals surface area contributed by atoms with Crippen LogP contribution in [0.1, 0.15) is 5.56 Å². The molecule has 0 saturated carbocycles. The molecule has 2 aromatic rings. The predicted octanol–water partition coefficient (Wildman–Crippen LogP) is 4.35. The molecule has 0 radical (unpaired) electrons. The molecule has 0 spiro atoms. The van der Waals surface area contributed by atoms with Crippen molar-refractivity contribution >= 4 is 0 Å². The van der Waals surface area contributed by atoms with Crippen molar-refractivity contribution in [3.8, 4) is 11.5 Å². The molecule has 1 nitrogen and oxygen atoms in total. The Bertz CT molecular complexity index is 506. The van der Waals surface area contributed by atoms with Crippen LogP contribution in [-0.2, 0) is 6.42 Å². The van der Waals surface area contributed by atoms with E-state index in [4.69, 9.17) is 4.74 Å². The second-order valence-corrected chi connectivity index (χ2v) is 3.66. The number of hydrogen-bond acceptors (Lipinski definition) is 1. The van der Waals surface area contributed by atoms with Gasteiger partial charge in [-0.3, -0.25) is 0 Å². The van der Waals surface area contributed by atoms with Crippen LogP contribution in [0.15, 0.2) is 61.2 Å². The van der Waals surface area contributed by atoms with E-state index in [1.807, 2.05) is 30.3 Å². The smallest absolute Gasteiger partial charge is 0.131 e. The second kappa shape index (κ2) is 5.30. The number of rotatable bonds is 4. The second-order valence-electron chi connectivity index (χ2n) is 3.66. The Labute approximate surface area is 100 Å². The lowest BCUT2D eigenvalue weighted by molar-refractivity contribution is 0.475. The summed E-state index contributed by atoms with van der Waals surface area (Å²) >= 11 is 0. The van der Waals surface area contributed by atoms with E-state index in [2.05, 4.69) is 6.58 Å². The fourth-order valence-corrected chi connectivity index (χ4v) is 1.58. The Morgan fingerprint density at radius 1 is 1.12 bits per heavy atom. The van der Waals surface area contributed by atoms with Crippen LogP contribution in [0, 0.1) is 5.82 Å². The number of benzene rings is 2. The topological polar surface area (TPSA) is 9.23 Å². The molecule has 2 rings (SSSR count). The third-order valence-corrected chi connectivity index (χ3v) is 2.36. The van der Waals surface area contributed by atoms with Gasteiger partial charge in [0.15, 0.2) is 0 Å². The number of allylic oxidation sites excluding steroid dienone is 1. The van der Waals surface area contributed by atoms with E-state index in [1.165, 1.54) is 12.1 Å². The van der Waals surface area contributed by atoms with Gasteiger partial charge in [0.2, 0.25) is 0 Å². The Kier molecular flexibility index (Phi) is 3.55. The molecule has 2 heteroatoms. The van der Waals surface area contributed by atoms with E-state index in [0.29, 0.717) is 12.2 Å². The molecule has 0 N–H and O–H groups in total. The molecule has 86 valence electrons. The summed E-state index contributed by atoms with van der Waals surface area (Å²) in [6.45, 7) is 3.66. The fourth-order valence-electron chi connectivity index (χ4n) is 1.58. The summed E-state index contributed by atoms with van der Waals surface area (Å²) in [5.41, 5.74) is 0.795. The lowest BCUT2D eigenvalue weighted by Crippen LogP contribution is -1.91. The molecular weight excluding hydrogens is 215 g/mol. The van der Waals surface area contributed by atoms with Gasteiger partial charge < -0.3 is 4.74 Å². The fraction of sp³-hybridized carbons (Fsp3) is 0.0667. The van der Waals surface area contributed by atoms with Crippen molar-refractivity contribution in [2.75, 3.05) is 0 Å². The SMILES string of the molecule is C=CCc1cc(F)ccc1Oc1ccccc1. The molecule has 0 fully saturated rings. The zero-order valence-corrected chi connectivity index (χ0v) is 9.40. The van der Waals surface area contributed by atoms with Gasteiger partial charge in [0.25, 0.3) is 0 Å². The first-order valence-electron chi connectivity index (χ1n) is 5.42. The van der Waals surface area contributed by atoms with Crippen LogP contribution in [0.25, 0.3) is 0 Å². The summed E-state index contributed by atoms with van der Waals surface area (Å²) in [5.74, 6) is 1.14. The highest BCUT2D eigenvalue weighted by atomic mass is 19.1. The minimum atomic E-state index is -0.262. The van der Waals surface area contributed by atoms with Crippen LogP contribution in [0.2, 0.25) is 0 Å². The minimum absolute atomic E-state index is 0.262. The molecular formula is C15H13FO. The van der Waals surface area contributed by atoms with E-state index >= 15 is 0 Å². The van der Waals surface area contributed by atoms with Crippen LogP contribution in [-0.4, -0.2) is 0 Å². The van der Waals surface area contributed by atoms with Crippen LogP contribution in [0.5, 0.6) is 11.5 Å². The van der Waals surface area contributed by atoms with Crippen molar-refractivity contribution < 1.29 is 9.13 Å². The Hall–Kier alpha value is -2.09. The maximum absolute atomic E-state index is 13.1. The van der Waals surface area contributed by atoms with Gasteiger partial charge in [-0.15, -0.1) is 6.58 Å². The van der Waals surface area contributed by atoms with E-state index in [1.54, 1.807) is 12.1 Å². The molecule has 0 aromatic heterocycles. The lowest BCUT2D eigenvalue weighted by Gasteiger charge is -2.10. The van der Waals surface area contributed by atoms with Crippen molar-refractivity contribution in [2.45, 2.75) is 6.42 Å². The average Bonchev–Trinajstić information content (AvgIpc) is 2.34. The van der Waals surface area contributed by atoms with Gasteiger partial charge >= 0.3 is 0 Å². The highest BCUT2D eigenvalue weighted by Crippen LogP contribution is 2.26. The quantitative estimate of drug-likeness (QED) is 0.707. The summed E-state index contributed by atoms with van der Waals surface area (Å²) in [4.78, 5) is 0. The van der Waals surface area contributed by atoms with Crippen molar-refractivity contribution in [1.29, 1.82) is 0 Å². The maximum Gasteiger partial charge on any atom is 0.131 e. The predicted molar refractivity (Wildman–Crippen MR) is 66.8 cm³/mol. The van der Waals surface area contributed by atoms with Crippen molar-refractivity contribution in [3.05, 3.63) is 72.6 Å². The monoisotopic (exact) mass is 228 g/mol. The zero-order valence-electron chi connectivity index (χ0n) is 9.40. The summed E-state index contributed by atoms with van der Waals surface area (Å²) in [6.07, 6.45) is 2.31. The highest BCUT2D eigenvalue weighted by Gasteiger charge is 2.05. The van der Waals surface area contributed by atoms with Crippen molar-refractivity contribution in [2.24, 2.45) is 0 Å². The van der Waals surface area contributed by atoms with Crippen molar-refractivity contribution in [1.82, 2.24) is 0 Å². The van der Waals surface area contributed by atoms with E-state index in [-0.39, 0.29) is 5.82 Å². The van der Waals surface area contributed by atoms with Crippen LogP contribution < -0.4 is 4.74 Å². The van der Waals surface area contributed by atoms with Crippen molar-refractivity contribution in [3.63, 3.8) is 0 Å². The summed E-state index contributed by atoms with van der Waals surface area (Å²) < 4.78 is 18.8. The number of hydrogen-bond donors (Lipinski definition) is 0. The number of ether oxygens (including phenoxy) is 1. The highest BCUT2D eigenvalue weighted by molar-refractivity contribution is 5.39. The molecule has 17 heavy (non-hydrogen) atoms. The van der Waals surface area contributed by atoms with Gasteiger partial charge in [-0.05, 0) is 36.8 Å². The Balaban J connectivity index is 2.29. The van der Waals surface area contributed by atoms with E-state index in [0.717, 1.165) is 11.3 Å². The van der Waals surface area contributed by atoms with E-state index < -0.39 is 0 Å². The molecule has 0 heterocycles. The Morgan fingerprint density at radius 2 is 1.88 bits per heavy atom. The summed E-state index contributed by atoms with van der Waals surface area (Å²) in [7, 11) is 0. The van der Waals surface area contributed by atoms with Crippen LogP contribution >= 0.6 is 0 Å². The molecule has 0 saturated heterocycles. The third-order valence-electron chi connectivity index (χ3n) is 2.36. The van der Waals surface area contributed by atoms with Gasteiger partial charge in [-0.25, -0.2) is 4.39 Å². The van der Waals surface area contributed by atoms with Gasteiger partial charge in [0.05, 0.1) is 0 Å². The number of para-hydroxylation sites is 1. The minimum Gasteiger partial charge on any atom is -0.457 e. The molecule has 0 aliphatic heterocycles. The zero-order chi connectivity index (χ0) is 12.1. The molecule has 0 aliphatic carbocycles. The first-order valence-corrected chi connectivity index (χ1v) is 5.42. The normalized spacial score (nSPS) is 9.94. The molecule has 0 bridgehead atoms.